The fourth-order valence-corrected chi connectivity index (χ4v) is 7.86. The second-order valence-corrected chi connectivity index (χ2v) is 14.8. The van der Waals surface area contributed by atoms with Gasteiger partial charge in [-0.05, 0) is 85.0 Å². The molecule has 0 aliphatic carbocycles. The summed E-state index contributed by atoms with van der Waals surface area (Å²) in [5.74, 6) is -1.45. The second-order valence-electron chi connectivity index (χ2n) is 12.9. The van der Waals surface area contributed by atoms with Gasteiger partial charge in [0.05, 0.1) is 17.1 Å². The van der Waals surface area contributed by atoms with E-state index in [0.717, 1.165) is 48.0 Å². The number of carbonyl (C=O) groups is 3. The molecular weight excluding hydrogens is 685 g/mol. The number of unbranched alkanes of at least 4 members (excludes halogenated alkanes) is 1. The summed E-state index contributed by atoms with van der Waals surface area (Å²) in [6.07, 6.45) is 4.40. The predicted octanol–water partition coefficient (Wildman–Crippen LogP) is 6.87. The Balaban J connectivity index is 1.11. The highest BCUT2D eigenvalue weighted by Gasteiger charge is 2.36. The van der Waals surface area contributed by atoms with Crippen LogP contribution >= 0.6 is 0 Å². The van der Waals surface area contributed by atoms with Crippen molar-refractivity contribution < 1.29 is 42.5 Å². The average Bonchev–Trinajstić information content (AvgIpc) is 3.16. The lowest BCUT2D eigenvalue weighted by Crippen LogP contribution is -2.45. The third-order valence-corrected chi connectivity index (χ3v) is 11.1. The fourth-order valence-electron chi connectivity index (χ4n) is 6.25. The number of aliphatic carboxylic acids is 1. The monoisotopic (exact) mass is 728 g/mol. The Kier molecular flexibility index (Phi) is 13.4. The van der Waals surface area contributed by atoms with E-state index in [2.05, 4.69) is 0 Å². The van der Waals surface area contributed by atoms with E-state index in [1.165, 1.54) is 18.2 Å². The molecule has 1 saturated heterocycles. The minimum absolute atomic E-state index is 0.121. The fraction of sp³-hybridized carbons (Fsp3) is 0.325. The largest absolute Gasteiger partial charge is 0.494 e. The molecule has 12 heteroatoms. The van der Waals surface area contributed by atoms with Crippen LogP contribution in [0, 0.1) is 5.92 Å². The Morgan fingerprint density at radius 1 is 0.788 bits per heavy atom. The van der Waals surface area contributed by atoms with E-state index < -0.39 is 28.0 Å². The number of likely N-dealkylation sites (tertiary alicyclic amines) is 1. The van der Waals surface area contributed by atoms with Crippen molar-refractivity contribution in [3.05, 3.63) is 131 Å². The topological polar surface area (TPSA) is 151 Å². The van der Waals surface area contributed by atoms with E-state index in [-0.39, 0.29) is 36.1 Å². The van der Waals surface area contributed by atoms with Crippen molar-refractivity contribution in [2.75, 3.05) is 19.7 Å². The van der Waals surface area contributed by atoms with Crippen LogP contribution in [-0.4, -0.2) is 71.6 Å². The highest BCUT2D eigenvalue weighted by atomic mass is 32.2. The summed E-state index contributed by atoms with van der Waals surface area (Å²) >= 11 is 0. The number of sulfonamides is 1. The number of hydrogen-bond donors (Lipinski definition) is 2. The van der Waals surface area contributed by atoms with Gasteiger partial charge in [0, 0.05) is 19.6 Å². The highest BCUT2D eigenvalue weighted by molar-refractivity contribution is 7.89. The van der Waals surface area contributed by atoms with Crippen molar-refractivity contribution >= 4 is 28.1 Å². The molecule has 2 N–H and O–H groups in total. The number of carboxylic acids is 2. The molecule has 0 bridgehead atoms. The van der Waals surface area contributed by atoms with Crippen LogP contribution < -0.4 is 4.74 Å². The molecule has 0 saturated carbocycles. The van der Waals surface area contributed by atoms with Crippen LogP contribution in [0.5, 0.6) is 5.75 Å². The molecule has 1 atom stereocenters. The van der Waals surface area contributed by atoms with Gasteiger partial charge in [-0.1, -0.05) is 85.3 Å². The van der Waals surface area contributed by atoms with Crippen LogP contribution in [0.3, 0.4) is 0 Å². The smallest absolute Gasteiger partial charge is 0.410 e. The number of hydrogen-bond acceptors (Lipinski definition) is 7. The molecule has 0 spiro atoms. The zero-order valence-electron chi connectivity index (χ0n) is 28.9. The maximum Gasteiger partial charge on any atom is 0.410 e. The van der Waals surface area contributed by atoms with E-state index in [1.54, 1.807) is 59.5 Å². The number of amides is 1. The van der Waals surface area contributed by atoms with Gasteiger partial charge >= 0.3 is 18.0 Å². The maximum atomic E-state index is 13.9. The lowest BCUT2D eigenvalue weighted by Gasteiger charge is -2.31. The summed E-state index contributed by atoms with van der Waals surface area (Å²) < 4.78 is 40.2. The number of nitrogens with zero attached hydrogens (tertiary/aromatic N) is 2. The number of carbonyl (C=O) groups excluding carboxylic acids is 1. The molecule has 0 radical (unpaired) electrons. The molecule has 1 fully saturated rings. The number of rotatable bonds is 17. The van der Waals surface area contributed by atoms with Crippen LogP contribution in [0.25, 0.3) is 0 Å². The number of piperidine rings is 1. The molecule has 1 aliphatic rings. The third kappa shape index (κ3) is 10.7. The minimum Gasteiger partial charge on any atom is -0.494 e. The molecule has 0 unspecified atom stereocenters. The van der Waals surface area contributed by atoms with Gasteiger partial charge in [0.2, 0.25) is 10.0 Å². The Morgan fingerprint density at radius 2 is 1.44 bits per heavy atom. The summed E-state index contributed by atoms with van der Waals surface area (Å²) in [5, 5.41) is 19.7. The average molecular weight is 729 g/mol. The lowest BCUT2D eigenvalue weighted by atomic mass is 9.92. The van der Waals surface area contributed by atoms with Crippen LogP contribution in [0.4, 0.5) is 4.79 Å². The number of ether oxygens (including phenoxy) is 2. The van der Waals surface area contributed by atoms with Gasteiger partial charge in [0.1, 0.15) is 18.4 Å². The van der Waals surface area contributed by atoms with Crippen LogP contribution in [0.15, 0.2) is 114 Å². The van der Waals surface area contributed by atoms with Gasteiger partial charge in [0.25, 0.3) is 0 Å². The van der Waals surface area contributed by atoms with Gasteiger partial charge < -0.3 is 24.6 Å². The van der Waals surface area contributed by atoms with Crippen molar-refractivity contribution in [3.63, 3.8) is 0 Å². The van der Waals surface area contributed by atoms with Crippen molar-refractivity contribution in [1.29, 1.82) is 0 Å². The first-order valence-electron chi connectivity index (χ1n) is 17.4. The van der Waals surface area contributed by atoms with Crippen LogP contribution in [0.1, 0.15) is 59.2 Å². The van der Waals surface area contributed by atoms with Crippen molar-refractivity contribution in [3.8, 4) is 5.75 Å². The number of aromatic carboxylic acids is 1. The predicted molar refractivity (Wildman–Crippen MR) is 194 cm³/mol. The van der Waals surface area contributed by atoms with E-state index in [0.29, 0.717) is 42.5 Å². The Morgan fingerprint density at radius 3 is 2.08 bits per heavy atom. The SMILES string of the molecule is O=C(O)c1cccc(S(=O)(=O)N(Cc2ccccc2)[C@@H](Cc2ccc(OCCCCC3CCN(C(=O)OCc4ccccc4)CC3)cc2)C(=O)O)c1. The molecule has 1 heterocycles. The Bertz CT molecular complexity index is 1880. The van der Waals surface area contributed by atoms with Crippen molar-refractivity contribution in [2.24, 2.45) is 5.92 Å². The molecular formula is C40H44N2O9S. The number of carboxylic acid groups (broad SMARTS) is 2. The zero-order valence-corrected chi connectivity index (χ0v) is 29.7. The zero-order chi connectivity index (χ0) is 36.9. The second kappa shape index (κ2) is 18.3. The third-order valence-electron chi connectivity index (χ3n) is 9.21. The molecule has 5 rings (SSSR count). The van der Waals surface area contributed by atoms with E-state index in [4.69, 9.17) is 9.47 Å². The van der Waals surface area contributed by atoms with Gasteiger partial charge in [-0.15, -0.1) is 0 Å². The summed E-state index contributed by atoms with van der Waals surface area (Å²) in [6.45, 7) is 1.95. The molecule has 274 valence electrons. The van der Waals surface area contributed by atoms with E-state index >= 15 is 0 Å². The molecule has 4 aromatic carbocycles. The number of benzene rings is 4. The maximum absolute atomic E-state index is 13.9. The van der Waals surface area contributed by atoms with Crippen LogP contribution in [-0.2, 0) is 39.1 Å². The van der Waals surface area contributed by atoms with E-state index in [1.807, 2.05) is 30.3 Å². The Labute approximate surface area is 304 Å². The summed E-state index contributed by atoms with van der Waals surface area (Å²) in [6, 6.07) is 28.7. The molecule has 1 aliphatic heterocycles. The first-order chi connectivity index (χ1) is 25.1. The first kappa shape index (κ1) is 38.0. The summed E-state index contributed by atoms with van der Waals surface area (Å²) in [5.41, 5.74) is 1.93. The molecule has 0 aromatic heterocycles. The van der Waals surface area contributed by atoms with Crippen LogP contribution in [0.2, 0.25) is 0 Å². The molecule has 1 amide bonds. The lowest BCUT2D eigenvalue weighted by molar-refractivity contribution is -0.141. The summed E-state index contributed by atoms with van der Waals surface area (Å²) in [7, 11) is -4.43. The summed E-state index contributed by atoms with van der Waals surface area (Å²) in [4.78, 5) is 38.1. The van der Waals surface area contributed by atoms with Crippen molar-refractivity contribution in [2.45, 2.75) is 62.6 Å². The molecule has 52 heavy (non-hydrogen) atoms. The minimum atomic E-state index is -4.43. The Hall–Kier alpha value is -5.20. The molecule has 4 aromatic rings. The molecule has 11 nitrogen and oxygen atoms in total. The standard InChI is InChI=1S/C40H44N2O9S/c43-38(44)34-15-9-16-36(27-34)52(48,49)42(28-32-11-3-1-4-12-32)37(39(45)46)26-31-17-19-35(20-18-31)50-25-8-7-10-30-21-23-41(24-22-30)40(47)51-29-33-13-5-2-6-14-33/h1-6,9,11-20,27,30,37H,7-8,10,21-26,28-29H2,(H,43,44)(H,45,46)/t37-/m0/s1. The van der Waals surface area contributed by atoms with Gasteiger partial charge in [-0.3, -0.25) is 4.79 Å². The van der Waals surface area contributed by atoms with Crippen molar-refractivity contribution in [1.82, 2.24) is 9.21 Å². The first-order valence-corrected chi connectivity index (χ1v) is 18.8. The van der Waals surface area contributed by atoms with Gasteiger partial charge in [-0.2, -0.15) is 4.31 Å². The normalized spacial score (nSPS) is 14.1. The highest BCUT2D eigenvalue weighted by Crippen LogP contribution is 2.26. The quantitative estimate of drug-likeness (QED) is 0.111. The van der Waals surface area contributed by atoms with Gasteiger partial charge in [-0.25, -0.2) is 18.0 Å². The van der Waals surface area contributed by atoms with Gasteiger partial charge in [0.15, 0.2) is 0 Å². The van der Waals surface area contributed by atoms with E-state index in [9.17, 15) is 33.0 Å².